The fourth-order valence-electron chi connectivity index (χ4n) is 1.35. The molecule has 2 rings (SSSR count). The average molecular weight is 182 g/mol. The maximum absolute atomic E-state index is 4.13. The van der Waals surface area contributed by atoms with Gasteiger partial charge < -0.3 is 0 Å². The van der Waals surface area contributed by atoms with Crippen LogP contribution in [-0.2, 0) is 7.05 Å². The summed E-state index contributed by atoms with van der Waals surface area (Å²) in [5.41, 5.74) is 0. The summed E-state index contributed by atoms with van der Waals surface area (Å²) in [5.74, 6) is 2.27. The van der Waals surface area contributed by atoms with E-state index in [-0.39, 0.29) is 0 Å². The fraction of sp³-hybridized carbons (Fsp3) is 0.667. The van der Waals surface area contributed by atoms with Crippen molar-refractivity contribution < 1.29 is 0 Å². The molecule has 0 aromatic carbocycles. The molecule has 3 heteroatoms. The van der Waals surface area contributed by atoms with Gasteiger partial charge in [-0.25, -0.2) is 0 Å². The van der Waals surface area contributed by atoms with Gasteiger partial charge in [-0.2, -0.15) is 5.10 Å². The quantitative estimate of drug-likeness (QED) is 0.668. The molecular weight excluding hydrogens is 168 g/mol. The van der Waals surface area contributed by atoms with Gasteiger partial charge in [0.05, 0.1) is 6.20 Å². The molecule has 1 saturated carbocycles. The second-order valence-corrected chi connectivity index (χ2v) is 4.55. The monoisotopic (exact) mass is 182 g/mol. The molecular formula is C9H14N2S. The number of thioether (sulfide) groups is 1. The van der Waals surface area contributed by atoms with Crippen LogP contribution in [0.2, 0.25) is 0 Å². The molecule has 12 heavy (non-hydrogen) atoms. The van der Waals surface area contributed by atoms with E-state index in [0.717, 1.165) is 5.92 Å². The first-order chi connectivity index (χ1) is 5.84. The van der Waals surface area contributed by atoms with Crippen molar-refractivity contribution in [2.45, 2.75) is 24.2 Å². The molecule has 0 N–H and O–H groups in total. The van der Waals surface area contributed by atoms with Crippen molar-refractivity contribution in [2.24, 2.45) is 13.0 Å². The molecule has 1 aromatic heterocycles. The first-order valence-corrected chi connectivity index (χ1v) is 5.44. The van der Waals surface area contributed by atoms with Gasteiger partial charge in [0.2, 0.25) is 0 Å². The van der Waals surface area contributed by atoms with Crippen molar-refractivity contribution in [3.63, 3.8) is 0 Å². The predicted octanol–water partition coefficient (Wildman–Crippen LogP) is 2.31. The first-order valence-electron chi connectivity index (χ1n) is 4.46. The van der Waals surface area contributed by atoms with Crippen LogP contribution in [0.25, 0.3) is 0 Å². The predicted molar refractivity (Wildman–Crippen MR) is 51.3 cm³/mol. The highest BCUT2D eigenvalue weighted by Gasteiger charge is 2.17. The van der Waals surface area contributed by atoms with Crippen LogP contribution in [0.1, 0.15) is 19.3 Å². The molecule has 0 radical (unpaired) electrons. The van der Waals surface area contributed by atoms with Crippen molar-refractivity contribution in [3.8, 4) is 0 Å². The fourth-order valence-corrected chi connectivity index (χ4v) is 2.46. The van der Waals surface area contributed by atoms with Crippen LogP contribution in [0, 0.1) is 5.92 Å². The number of aryl methyl sites for hydroxylation is 1. The summed E-state index contributed by atoms with van der Waals surface area (Å²) in [5, 5.41) is 4.13. The maximum atomic E-state index is 4.13. The Bertz CT molecular complexity index is 253. The molecule has 0 unspecified atom stereocenters. The minimum atomic E-state index is 0.982. The third-order valence-electron chi connectivity index (χ3n) is 2.39. The Labute approximate surface area is 77.3 Å². The SMILES string of the molecule is Cn1cc(SCC2CCC2)cn1. The van der Waals surface area contributed by atoms with Crippen molar-refractivity contribution >= 4 is 11.8 Å². The Hall–Kier alpha value is -0.440. The summed E-state index contributed by atoms with van der Waals surface area (Å²) in [7, 11) is 1.97. The van der Waals surface area contributed by atoms with Crippen molar-refractivity contribution in [1.82, 2.24) is 9.78 Å². The summed E-state index contributed by atoms with van der Waals surface area (Å²) in [4.78, 5) is 1.31. The van der Waals surface area contributed by atoms with Gasteiger partial charge in [-0.3, -0.25) is 4.68 Å². The minimum absolute atomic E-state index is 0.982. The largest absolute Gasteiger partial charge is 0.275 e. The third kappa shape index (κ3) is 1.83. The Morgan fingerprint density at radius 2 is 2.50 bits per heavy atom. The van der Waals surface area contributed by atoms with E-state index in [1.54, 1.807) is 0 Å². The van der Waals surface area contributed by atoms with Crippen LogP contribution in [-0.4, -0.2) is 15.5 Å². The highest BCUT2D eigenvalue weighted by atomic mass is 32.2. The maximum Gasteiger partial charge on any atom is 0.0625 e. The van der Waals surface area contributed by atoms with E-state index in [0.29, 0.717) is 0 Å². The van der Waals surface area contributed by atoms with Crippen molar-refractivity contribution in [3.05, 3.63) is 12.4 Å². The summed E-state index contributed by atoms with van der Waals surface area (Å²) in [6.45, 7) is 0. The second kappa shape index (κ2) is 3.52. The average Bonchev–Trinajstić information content (AvgIpc) is 2.32. The van der Waals surface area contributed by atoms with Gasteiger partial charge in [-0.1, -0.05) is 6.42 Å². The van der Waals surface area contributed by atoms with Gasteiger partial charge in [0.15, 0.2) is 0 Å². The van der Waals surface area contributed by atoms with E-state index < -0.39 is 0 Å². The van der Waals surface area contributed by atoms with Crippen LogP contribution >= 0.6 is 11.8 Å². The Balaban J connectivity index is 1.79. The van der Waals surface area contributed by atoms with Gasteiger partial charge in [0.1, 0.15) is 0 Å². The lowest BCUT2D eigenvalue weighted by Crippen LogP contribution is -2.12. The van der Waals surface area contributed by atoms with Crippen molar-refractivity contribution in [1.29, 1.82) is 0 Å². The van der Waals surface area contributed by atoms with E-state index in [1.165, 1.54) is 29.9 Å². The van der Waals surface area contributed by atoms with Gasteiger partial charge in [-0.05, 0) is 18.8 Å². The van der Waals surface area contributed by atoms with E-state index in [4.69, 9.17) is 0 Å². The molecule has 0 aliphatic heterocycles. The lowest BCUT2D eigenvalue weighted by atomic mass is 9.87. The molecule has 0 amide bonds. The Morgan fingerprint density at radius 1 is 1.67 bits per heavy atom. The van der Waals surface area contributed by atoms with Gasteiger partial charge >= 0.3 is 0 Å². The molecule has 66 valence electrons. The standard InChI is InChI=1S/C9H14N2S/c1-11-6-9(5-10-11)12-7-8-3-2-4-8/h5-6,8H,2-4,7H2,1H3. The molecule has 1 aromatic rings. The summed E-state index contributed by atoms with van der Waals surface area (Å²) < 4.78 is 1.86. The van der Waals surface area contributed by atoms with Gasteiger partial charge in [0, 0.05) is 23.9 Å². The van der Waals surface area contributed by atoms with E-state index >= 15 is 0 Å². The molecule has 1 aliphatic rings. The molecule has 1 heterocycles. The third-order valence-corrected chi connectivity index (χ3v) is 3.57. The molecule has 0 atom stereocenters. The first kappa shape index (κ1) is 8.17. The highest BCUT2D eigenvalue weighted by Crippen LogP contribution is 2.32. The number of hydrogen-bond donors (Lipinski definition) is 0. The molecule has 2 nitrogen and oxygen atoms in total. The number of rotatable bonds is 3. The van der Waals surface area contributed by atoms with Crippen LogP contribution in [0.4, 0.5) is 0 Å². The lowest BCUT2D eigenvalue weighted by Gasteiger charge is -2.24. The summed E-state index contributed by atoms with van der Waals surface area (Å²) in [6, 6.07) is 0. The highest BCUT2D eigenvalue weighted by molar-refractivity contribution is 7.99. The van der Waals surface area contributed by atoms with Gasteiger partial charge in [0.25, 0.3) is 0 Å². The Kier molecular flexibility index (Phi) is 2.40. The zero-order chi connectivity index (χ0) is 8.39. The molecule has 0 spiro atoms. The zero-order valence-electron chi connectivity index (χ0n) is 7.36. The zero-order valence-corrected chi connectivity index (χ0v) is 8.18. The van der Waals surface area contributed by atoms with Crippen LogP contribution < -0.4 is 0 Å². The van der Waals surface area contributed by atoms with Crippen LogP contribution in [0.3, 0.4) is 0 Å². The topological polar surface area (TPSA) is 17.8 Å². The second-order valence-electron chi connectivity index (χ2n) is 3.46. The van der Waals surface area contributed by atoms with Crippen molar-refractivity contribution in [2.75, 3.05) is 5.75 Å². The Morgan fingerprint density at radius 3 is 3.00 bits per heavy atom. The van der Waals surface area contributed by atoms with E-state index in [1.807, 2.05) is 29.7 Å². The lowest BCUT2D eigenvalue weighted by molar-refractivity contribution is 0.353. The van der Waals surface area contributed by atoms with E-state index in [2.05, 4.69) is 11.3 Å². The molecule has 1 aliphatic carbocycles. The number of nitrogens with zero attached hydrogens (tertiary/aromatic N) is 2. The molecule has 0 saturated heterocycles. The number of aromatic nitrogens is 2. The molecule has 0 bridgehead atoms. The minimum Gasteiger partial charge on any atom is -0.275 e. The van der Waals surface area contributed by atoms with Gasteiger partial charge in [-0.15, -0.1) is 11.8 Å². The molecule has 1 fully saturated rings. The normalized spacial score (nSPS) is 17.8. The van der Waals surface area contributed by atoms with Crippen LogP contribution in [0.5, 0.6) is 0 Å². The number of hydrogen-bond acceptors (Lipinski definition) is 2. The summed E-state index contributed by atoms with van der Waals surface area (Å²) >= 11 is 1.94. The van der Waals surface area contributed by atoms with E-state index in [9.17, 15) is 0 Å². The van der Waals surface area contributed by atoms with Crippen LogP contribution in [0.15, 0.2) is 17.3 Å². The smallest absolute Gasteiger partial charge is 0.0625 e. The summed E-state index contributed by atoms with van der Waals surface area (Å²) in [6.07, 6.45) is 8.35.